The van der Waals surface area contributed by atoms with Crippen molar-refractivity contribution in [3.05, 3.63) is 47.8 Å². The number of aromatic nitrogens is 3. The maximum atomic E-state index is 10.0. The molecule has 0 fully saturated rings. The number of nitrogens with zero attached hydrogens (tertiary/aromatic N) is 3. The maximum Gasteiger partial charge on any atom is 0.142 e. The molecule has 0 aliphatic heterocycles. The van der Waals surface area contributed by atoms with Crippen molar-refractivity contribution in [2.24, 2.45) is 7.05 Å². The zero-order valence-electron chi connectivity index (χ0n) is 8.75. The summed E-state index contributed by atoms with van der Waals surface area (Å²) >= 11 is 0. The van der Waals surface area contributed by atoms with Crippen LogP contribution in [0.2, 0.25) is 0 Å². The van der Waals surface area contributed by atoms with Gasteiger partial charge in [0.1, 0.15) is 11.9 Å². The number of hydrogen-bond donors (Lipinski definition) is 1. The Kier molecular flexibility index (Phi) is 2.51. The highest BCUT2D eigenvalue weighted by molar-refractivity contribution is 5.21. The number of aliphatic hydroxyl groups is 1. The molecule has 4 heteroatoms. The zero-order chi connectivity index (χ0) is 10.8. The topological polar surface area (TPSA) is 50.9 Å². The summed E-state index contributed by atoms with van der Waals surface area (Å²) in [5.74, 6) is 0.626. The Balaban J connectivity index is 2.32. The molecule has 0 saturated heterocycles. The maximum absolute atomic E-state index is 10.0. The summed E-state index contributed by atoms with van der Waals surface area (Å²) < 4.78 is 1.80. The lowest BCUT2D eigenvalue weighted by Gasteiger charge is -2.10. The summed E-state index contributed by atoms with van der Waals surface area (Å²) in [6.45, 7) is 1.91. The molecule has 0 radical (unpaired) electrons. The van der Waals surface area contributed by atoms with Gasteiger partial charge in [0.05, 0.1) is 0 Å². The fourth-order valence-corrected chi connectivity index (χ4v) is 1.43. The molecule has 0 aromatic carbocycles. The first-order chi connectivity index (χ1) is 7.18. The van der Waals surface area contributed by atoms with Crippen LogP contribution in [0.5, 0.6) is 0 Å². The van der Waals surface area contributed by atoms with Crippen molar-refractivity contribution >= 4 is 0 Å². The van der Waals surface area contributed by atoms with E-state index in [1.165, 1.54) is 0 Å². The van der Waals surface area contributed by atoms with Crippen LogP contribution in [0.25, 0.3) is 0 Å². The lowest BCUT2D eigenvalue weighted by atomic mass is 10.1. The van der Waals surface area contributed by atoms with Gasteiger partial charge in [-0.2, -0.15) is 0 Å². The van der Waals surface area contributed by atoms with Crippen molar-refractivity contribution in [2.45, 2.75) is 13.0 Å². The monoisotopic (exact) mass is 203 g/mol. The second-order valence-electron chi connectivity index (χ2n) is 3.53. The van der Waals surface area contributed by atoms with E-state index >= 15 is 0 Å². The molecule has 0 aliphatic carbocycles. The van der Waals surface area contributed by atoms with Crippen molar-refractivity contribution in [3.8, 4) is 0 Å². The Morgan fingerprint density at radius 1 is 1.33 bits per heavy atom. The summed E-state index contributed by atoms with van der Waals surface area (Å²) in [6.07, 6.45) is 4.44. The molecule has 1 unspecified atom stereocenters. The van der Waals surface area contributed by atoms with E-state index in [4.69, 9.17) is 0 Å². The zero-order valence-corrected chi connectivity index (χ0v) is 8.75. The molecule has 2 heterocycles. The van der Waals surface area contributed by atoms with Gasteiger partial charge in [0, 0.05) is 36.9 Å². The van der Waals surface area contributed by atoms with E-state index in [0.29, 0.717) is 5.82 Å². The normalized spacial score (nSPS) is 12.7. The predicted molar refractivity (Wildman–Crippen MR) is 56.2 cm³/mol. The number of aliphatic hydroxyl groups excluding tert-OH is 1. The first kappa shape index (κ1) is 9.86. The molecule has 0 bridgehead atoms. The van der Waals surface area contributed by atoms with E-state index in [1.54, 1.807) is 23.2 Å². The molecule has 2 aromatic rings. The van der Waals surface area contributed by atoms with Crippen molar-refractivity contribution in [2.75, 3.05) is 0 Å². The second-order valence-corrected chi connectivity index (χ2v) is 3.53. The van der Waals surface area contributed by atoms with E-state index in [1.807, 2.05) is 26.1 Å². The van der Waals surface area contributed by atoms with Crippen LogP contribution in [0.1, 0.15) is 23.2 Å². The first-order valence-electron chi connectivity index (χ1n) is 4.76. The van der Waals surface area contributed by atoms with E-state index in [-0.39, 0.29) is 0 Å². The number of aryl methyl sites for hydroxylation is 2. The molecule has 2 rings (SSSR count). The van der Waals surface area contributed by atoms with Gasteiger partial charge in [-0.15, -0.1) is 0 Å². The molecule has 4 nitrogen and oxygen atoms in total. The van der Waals surface area contributed by atoms with E-state index in [0.717, 1.165) is 11.3 Å². The van der Waals surface area contributed by atoms with Gasteiger partial charge in [0.15, 0.2) is 0 Å². The minimum atomic E-state index is -0.710. The Morgan fingerprint density at radius 3 is 2.67 bits per heavy atom. The summed E-state index contributed by atoms with van der Waals surface area (Å²) in [4.78, 5) is 8.24. The average molecular weight is 203 g/mol. The van der Waals surface area contributed by atoms with E-state index in [2.05, 4.69) is 9.97 Å². The predicted octanol–water partition coefficient (Wildman–Crippen LogP) is 1.21. The minimum Gasteiger partial charge on any atom is -0.380 e. The summed E-state index contributed by atoms with van der Waals surface area (Å²) in [5.41, 5.74) is 1.70. The van der Waals surface area contributed by atoms with Crippen LogP contribution in [0, 0.1) is 6.92 Å². The number of rotatable bonds is 2. The van der Waals surface area contributed by atoms with Gasteiger partial charge in [-0.1, -0.05) is 6.07 Å². The van der Waals surface area contributed by atoms with Crippen LogP contribution >= 0.6 is 0 Å². The van der Waals surface area contributed by atoms with Crippen LogP contribution in [-0.4, -0.2) is 19.6 Å². The highest BCUT2D eigenvalue weighted by Gasteiger charge is 2.14. The average Bonchev–Trinajstić information content (AvgIpc) is 2.65. The van der Waals surface area contributed by atoms with Gasteiger partial charge in [0.25, 0.3) is 0 Å². The molecule has 0 spiro atoms. The molecule has 78 valence electrons. The molecule has 15 heavy (non-hydrogen) atoms. The minimum absolute atomic E-state index is 0.626. The van der Waals surface area contributed by atoms with Crippen LogP contribution < -0.4 is 0 Å². The summed E-state index contributed by atoms with van der Waals surface area (Å²) in [6, 6.07) is 3.74. The van der Waals surface area contributed by atoms with Gasteiger partial charge >= 0.3 is 0 Å². The SMILES string of the molecule is Cc1ccc(C(O)c2nccn2C)cn1. The van der Waals surface area contributed by atoms with E-state index in [9.17, 15) is 5.11 Å². The van der Waals surface area contributed by atoms with E-state index < -0.39 is 6.10 Å². The van der Waals surface area contributed by atoms with Crippen molar-refractivity contribution < 1.29 is 5.11 Å². The largest absolute Gasteiger partial charge is 0.380 e. The fraction of sp³-hybridized carbons (Fsp3) is 0.273. The summed E-state index contributed by atoms with van der Waals surface area (Å²) in [5, 5.41) is 10.0. The third-order valence-corrected chi connectivity index (χ3v) is 2.35. The first-order valence-corrected chi connectivity index (χ1v) is 4.76. The second kappa shape index (κ2) is 3.82. The fourth-order valence-electron chi connectivity index (χ4n) is 1.43. The van der Waals surface area contributed by atoms with Gasteiger partial charge in [-0.05, 0) is 13.0 Å². The van der Waals surface area contributed by atoms with Crippen LogP contribution in [0.4, 0.5) is 0 Å². The summed E-state index contributed by atoms with van der Waals surface area (Å²) in [7, 11) is 1.85. The third kappa shape index (κ3) is 1.89. The lowest BCUT2D eigenvalue weighted by Crippen LogP contribution is -2.07. The van der Waals surface area contributed by atoms with Gasteiger partial charge in [-0.25, -0.2) is 4.98 Å². The van der Waals surface area contributed by atoms with Gasteiger partial charge < -0.3 is 9.67 Å². The smallest absolute Gasteiger partial charge is 0.142 e. The Labute approximate surface area is 88.2 Å². The molecular formula is C11H13N3O. The van der Waals surface area contributed by atoms with Gasteiger partial charge in [-0.3, -0.25) is 4.98 Å². The molecule has 0 aliphatic rings. The number of hydrogen-bond acceptors (Lipinski definition) is 3. The molecule has 0 saturated carbocycles. The molecular weight excluding hydrogens is 190 g/mol. The van der Waals surface area contributed by atoms with Crippen molar-refractivity contribution in [1.82, 2.24) is 14.5 Å². The third-order valence-electron chi connectivity index (χ3n) is 2.35. The highest BCUT2D eigenvalue weighted by atomic mass is 16.3. The molecule has 1 N–H and O–H groups in total. The van der Waals surface area contributed by atoms with Crippen LogP contribution in [0.15, 0.2) is 30.7 Å². The van der Waals surface area contributed by atoms with Crippen molar-refractivity contribution in [1.29, 1.82) is 0 Å². The standard InChI is InChI=1S/C11H13N3O/c1-8-3-4-9(7-13-8)10(15)11-12-5-6-14(11)2/h3-7,10,15H,1-2H3. The highest BCUT2D eigenvalue weighted by Crippen LogP contribution is 2.18. The molecule has 2 aromatic heterocycles. The Bertz CT molecular complexity index is 447. The Hall–Kier alpha value is -1.68. The number of pyridine rings is 1. The van der Waals surface area contributed by atoms with Crippen molar-refractivity contribution in [3.63, 3.8) is 0 Å². The molecule has 0 amide bonds. The Morgan fingerprint density at radius 2 is 2.13 bits per heavy atom. The van der Waals surface area contributed by atoms with Gasteiger partial charge in [0.2, 0.25) is 0 Å². The number of imidazole rings is 1. The molecule has 1 atom stereocenters. The van der Waals surface area contributed by atoms with Crippen LogP contribution in [0.3, 0.4) is 0 Å². The lowest BCUT2D eigenvalue weighted by molar-refractivity contribution is 0.206. The quantitative estimate of drug-likeness (QED) is 0.798. The van der Waals surface area contributed by atoms with Crippen LogP contribution in [-0.2, 0) is 7.05 Å².